The molecule has 29 heavy (non-hydrogen) atoms. The molecule has 2 aromatic heterocycles. The number of benzene rings is 2. The van der Waals surface area contributed by atoms with Gasteiger partial charge in [-0.1, -0.05) is 17.7 Å². The Hall–Kier alpha value is -3.25. The van der Waals surface area contributed by atoms with Crippen molar-refractivity contribution in [2.75, 3.05) is 18.2 Å². The van der Waals surface area contributed by atoms with E-state index in [1.165, 1.54) is 10.9 Å². The highest BCUT2D eigenvalue weighted by atomic mass is 35.5. The number of rotatable bonds is 2. The van der Waals surface area contributed by atoms with Crippen molar-refractivity contribution in [3.05, 3.63) is 76.7 Å². The molecule has 6 nitrogen and oxygen atoms in total. The van der Waals surface area contributed by atoms with Crippen LogP contribution in [0, 0.1) is 0 Å². The molecule has 144 valence electrons. The van der Waals surface area contributed by atoms with E-state index < -0.39 is 0 Å². The van der Waals surface area contributed by atoms with Gasteiger partial charge in [-0.3, -0.25) is 0 Å². The predicted octanol–water partition coefficient (Wildman–Crippen LogP) is 4.49. The van der Waals surface area contributed by atoms with Crippen molar-refractivity contribution in [2.24, 2.45) is 0 Å². The number of hydrogen-bond acceptors (Lipinski definition) is 5. The minimum atomic E-state index is -0.0678. The summed E-state index contributed by atoms with van der Waals surface area (Å²) in [6.45, 7) is 1.06. The lowest BCUT2D eigenvalue weighted by Gasteiger charge is -2.36. The fourth-order valence-electron chi connectivity index (χ4n) is 4.35. The fraction of sp³-hybridized carbons (Fsp3) is 0.182. The number of nitrogens with one attached hydrogen (secondary N) is 1. The van der Waals surface area contributed by atoms with Crippen molar-refractivity contribution in [3.63, 3.8) is 0 Å². The van der Waals surface area contributed by atoms with Crippen LogP contribution in [0.25, 0.3) is 10.9 Å². The number of fused-ring (bicyclic) bond motifs is 4. The maximum atomic E-state index is 6.29. The van der Waals surface area contributed by atoms with Crippen molar-refractivity contribution in [2.45, 2.75) is 12.5 Å². The number of H-pyrrole nitrogens is 1. The van der Waals surface area contributed by atoms with E-state index in [0.29, 0.717) is 5.95 Å². The average Bonchev–Trinajstić information content (AvgIpc) is 3.37. The molecule has 2 aliphatic rings. The molecule has 0 fully saturated rings. The standard InChI is InChI=1S/C22H17ClN4O2/c23-14-3-4-17-16(11-14)15-6-9-27(22-24-7-1-8-25-22)21(20(15)26-17)13-2-5-18-19(10-13)29-12-28-18/h1-5,7-8,10-11,21,26H,6,9,12H2. The summed E-state index contributed by atoms with van der Waals surface area (Å²) in [5.74, 6) is 2.25. The van der Waals surface area contributed by atoms with Crippen molar-refractivity contribution in [1.82, 2.24) is 15.0 Å². The van der Waals surface area contributed by atoms with Gasteiger partial charge in [0.05, 0.1) is 6.04 Å². The van der Waals surface area contributed by atoms with Crippen molar-refractivity contribution < 1.29 is 9.47 Å². The fourth-order valence-corrected chi connectivity index (χ4v) is 4.52. The highest BCUT2D eigenvalue weighted by molar-refractivity contribution is 6.31. The van der Waals surface area contributed by atoms with Crippen molar-refractivity contribution in [3.8, 4) is 11.5 Å². The topological polar surface area (TPSA) is 63.3 Å². The second kappa shape index (κ2) is 6.39. The Labute approximate surface area is 172 Å². The summed E-state index contributed by atoms with van der Waals surface area (Å²) in [4.78, 5) is 14.9. The molecule has 2 aliphatic heterocycles. The molecule has 0 amide bonds. The molecule has 0 bridgehead atoms. The molecule has 1 atom stereocenters. The smallest absolute Gasteiger partial charge is 0.231 e. The highest BCUT2D eigenvalue weighted by Gasteiger charge is 2.34. The largest absolute Gasteiger partial charge is 0.454 e. The molecule has 0 aliphatic carbocycles. The van der Waals surface area contributed by atoms with E-state index in [4.69, 9.17) is 21.1 Å². The Balaban J connectivity index is 1.56. The molecule has 7 heteroatoms. The van der Waals surface area contributed by atoms with Gasteiger partial charge in [-0.2, -0.15) is 0 Å². The maximum absolute atomic E-state index is 6.29. The zero-order valence-electron chi connectivity index (χ0n) is 15.4. The summed E-state index contributed by atoms with van der Waals surface area (Å²) < 4.78 is 11.1. The Morgan fingerprint density at radius 2 is 1.90 bits per heavy atom. The van der Waals surface area contributed by atoms with E-state index in [9.17, 15) is 0 Å². The summed E-state index contributed by atoms with van der Waals surface area (Å²) in [6, 6.07) is 13.9. The minimum Gasteiger partial charge on any atom is -0.454 e. The van der Waals surface area contributed by atoms with Gasteiger partial charge >= 0.3 is 0 Å². The highest BCUT2D eigenvalue weighted by Crippen LogP contribution is 2.43. The quantitative estimate of drug-likeness (QED) is 0.533. The number of halogens is 1. The van der Waals surface area contributed by atoms with E-state index >= 15 is 0 Å². The number of ether oxygens (including phenoxy) is 2. The third-order valence-corrected chi connectivity index (χ3v) is 5.85. The summed E-state index contributed by atoms with van der Waals surface area (Å²) in [6.07, 6.45) is 4.44. The third-order valence-electron chi connectivity index (χ3n) is 5.61. The first kappa shape index (κ1) is 16.7. The molecule has 6 rings (SSSR count). The molecule has 2 aromatic carbocycles. The normalized spacial score (nSPS) is 17.6. The molecule has 1 N–H and O–H groups in total. The zero-order chi connectivity index (χ0) is 19.4. The molecular formula is C22H17ClN4O2. The van der Waals surface area contributed by atoms with Gasteiger partial charge in [0, 0.05) is 40.6 Å². The number of aromatic amines is 1. The van der Waals surface area contributed by atoms with Gasteiger partial charge in [0.2, 0.25) is 12.7 Å². The average molecular weight is 405 g/mol. The van der Waals surface area contributed by atoms with Crippen LogP contribution in [0.5, 0.6) is 11.5 Å². The predicted molar refractivity (Wildman–Crippen MR) is 111 cm³/mol. The lowest BCUT2D eigenvalue weighted by Crippen LogP contribution is -2.37. The van der Waals surface area contributed by atoms with E-state index in [2.05, 4.69) is 32.0 Å². The molecule has 0 saturated carbocycles. The van der Waals surface area contributed by atoms with Crippen LogP contribution in [0.1, 0.15) is 22.9 Å². The summed E-state index contributed by atoms with van der Waals surface area (Å²) in [5, 5.41) is 1.92. The summed E-state index contributed by atoms with van der Waals surface area (Å²) in [5.41, 5.74) is 4.61. The van der Waals surface area contributed by atoms with Crippen LogP contribution in [0.3, 0.4) is 0 Å². The summed E-state index contributed by atoms with van der Waals surface area (Å²) >= 11 is 6.29. The van der Waals surface area contributed by atoms with E-state index in [0.717, 1.165) is 46.3 Å². The van der Waals surface area contributed by atoms with Gasteiger partial charge in [-0.05, 0) is 53.9 Å². The molecular weight excluding hydrogens is 388 g/mol. The third kappa shape index (κ3) is 2.63. The first-order valence-corrected chi connectivity index (χ1v) is 9.89. The second-order valence-electron chi connectivity index (χ2n) is 7.21. The maximum Gasteiger partial charge on any atom is 0.231 e. The van der Waals surface area contributed by atoms with Crippen LogP contribution in [-0.4, -0.2) is 28.3 Å². The van der Waals surface area contributed by atoms with Crippen LogP contribution in [0.15, 0.2) is 54.9 Å². The Morgan fingerprint density at radius 3 is 2.79 bits per heavy atom. The van der Waals surface area contributed by atoms with Gasteiger partial charge < -0.3 is 19.4 Å². The van der Waals surface area contributed by atoms with Crippen LogP contribution in [-0.2, 0) is 6.42 Å². The molecule has 4 heterocycles. The Bertz CT molecular complexity index is 1220. The van der Waals surface area contributed by atoms with E-state index in [1.807, 2.05) is 30.3 Å². The van der Waals surface area contributed by atoms with Gasteiger partial charge in [-0.15, -0.1) is 0 Å². The number of anilines is 1. The van der Waals surface area contributed by atoms with E-state index in [-0.39, 0.29) is 12.8 Å². The molecule has 0 spiro atoms. The Kier molecular flexibility index (Phi) is 3.67. The van der Waals surface area contributed by atoms with Gasteiger partial charge in [-0.25, -0.2) is 9.97 Å². The molecule has 0 radical (unpaired) electrons. The minimum absolute atomic E-state index is 0.0678. The first-order chi connectivity index (χ1) is 14.3. The molecule has 1 unspecified atom stereocenters. The van der Waals surface area contributed by atoms with Crippen LogP contribution < -0.4 is 14.4 Å². The monoisotopic (exact) mass is 404 g/mol. The summed E-state index contributed by atoms with van der Waals surface area (Å²) in [7, 11) is 0. The van der Waals surface area contributed by atoms with Gasteiger partial charge in [0.25, 0.3) is 0 Å². The van der Waals surface area contributed by atoms with Crippen LogP contribution in [0.4, 0.5) is 5.95 Å². The lowest BCUT2D eigenvalue weighted by molar-refractivity contribution is 0.174. The molecule has 4 aromatic rings. The van der Waals surface area contributed by atoms with E-state index in [1.54, 1.807) is 12.4 Å². The van der Waals surface area contributed by atoms with Crippen molar-refractivity contribution >= 4 is 28.5 Å². The van der Waals surface area contributed by atoms with Gasteiger partial charge in [0.1, 0.15) is 0 Å². The van der Waals surface area contributed by atoms with Crippen LogP contribution in [0.2, 0.25) is 5.02 Å². The van der Waals surface area contributed by atoms with Gasteiger partial charge in [0.15, 0.2) is 11.5 Å². The Morgan fingerprint density at radius 1 is 1.03 bits per heavy atom. The number of hydrogen-bond donors (Lipinski definition) is 1. The van der Waals surface area contributed by atoms with Crippen LogP contribution >= 0.6 is 11.6 Å². The molecule has 0 saturated heterocycles. The first-order valence-electron chi connectivity index (χ1n) is 9.51. The lowest BCUT2D eigenvalue weighted by atomic mass is 9.92. The number of nitrogens with zero attached hydrogens (tertiary/aromatic N) is 3. The number of aromatic nitrogens is 3. The van der Waals surface area contributed by atoms with Crippen molar-refractivity contribution in [1.29, 1.82) is 0 Å². The second-order valence-corrected chi connectivity index (χ2v) is 7.65. The zero-order valence-corrected chi connectivity index (χ0v) is 16.2. The SMILES string of the molecule is Clc1ccc2[nH]c3c(c2c1)CCN(c1ncccn1)C3c1ccc2c(c1)OCO2.